The molecule has 1 saturated heterocycles. The van der Waals surface area contributed by atoms with Gasteiger partial charge in [0, 0.05) is 45.0 Å². The summed E-state index contributed by atoms with van der Waals surface area (Å²) in [5, 5.41) is 9.52. The lowest BCUT2D eigenvalue weighted by Gasteiger charge is -2.35. The van der Waals surface area contributed by atoms with Crippen molar-refractivity contribution in [2.45, 2.75) is 32.4 Å². The summed E-state index contributed by atoms with van der Waals surface area (Å²) < 4.78 is 19.2. The van der Waals surface area contributed by atoms with Crippen LogP contribution in [0.25, 0.3) is 0 Å². The van der Waals surface area contributed by atoms with Crippen molar-refractivity contribution in [1.29, 1.82) is 0 Å². The first-order valence-corrected chi connectivity index (χ1v) is 11.0. The molecule has 3 rings (SSSR count). The average Bonchev–Trinajstić information content (AvgIpc) is 2.81. The molecule has 1 aliphatic heterocycles. The number of aliphatic imine (C=N–C) groups is 1. The molecule has 0 bridgehead atoms. The maximum Gasteiger partial charge on any atom is 0.257 e. The minimum atomic E-state index is -0.215. The Hall–Kier alpha value is -2.56. The number of benzene rings is 2. The fourth-order valence-corrected chi connectivity index (χ4v) is 3.72. The molecule has 0 spiro atoms. The number of nitrogens with zero attached hydrogens (tertiary/aromatic N) is 2. The molecular weight excluding hydrogens is 536 g/mol. The van der Waals surface area contributed by atoms with Crippen molar-refractivity contribution < 1.29 is 13.9 Å². The highest BCUT2D eigenvalue weighted by molar-refractivity contribution is 14.0. The molecular formula is C24H33FIN5O2. The maximum absolute atomic E-state index is 13.6. The largest absolute Gasteiger partial charge is 0.484 e. The van der Waals surface area contributed by atoms with Gasteiger partial charge in [0.25, 0.3) is 5.91 Å². The third kappa shape index (κ3) is 8.71. The molecule has 1 amide bonds. The van der Waals surface area contributed by atoms with Crippen LogP contribution < -0.4 is 25.6 Å². The number of ether oxygens (including phenoxy) is 1. The van der Waals surface area contributed by atoms with E-state index in [9.17, 15) is 9.18 Å². The van der Waals surface area contributed by atoms with E-state index in [1.54, 1.807) is 19.2 Å². The summed E-state index contributed by atoms with van der Waals surface area (Å²) in [5.74, 6) is 1.01. The van der Waals surface area contributed by atoms with Crippen LogP contribution in [0.4, 0.5) is 10.1 Å². The van der Waals surface area contributed by atoms with Gasteiger partial charge in [0.1, 0.15) is 11.6 Å². The Bertz CT molecular complexity index is 927. The van der Waals surface area contributed by atoms with Crippen LogP contribution in [0.1, 0.15) is 25.3 Å². The first kappa shape index (κ1) is 26.7. The van der Waals surface area contributed by atoms with Gasteiger partial charge in [0.2, 0.25) is 0 Å². The molecule has 2 aromatic rings. The topological polar surface area (TPSA) is 78.0 Å². The van der Waals surface area contributed by atoms with Crippen molar-refractivity contribution in [3.05, 3.63) is 59.9 Å². The second kappa shape index (κ2) is 13.9. The molecule has 0 aliphatic carbocycles. The minimum absolute atomic E-state index is 0. The van der Waals surface area contributed by atoms with Crippen molar-refractivity contribution in [3.8, 4) is 5.75 Å². The van der Waals surface area contributed by atoms with E-state index in [2.05, 4.69) is 25.8 Å². The van der Waals surface area contributed by atoms with Crippen LogP contribution >= 0.6 is 24.0 Å². The van der Waals surface area contributed by atoms with E-state index in [4.69, 9.17) is 4.74 Å². The molecule has 1 fully saturated rings. The monoisotopic (exact) mass is 569 g/mol. The number of likely N-dealkylation sites (N-methyl/N-ethyl adjacent to an activating group) is 1. The van der Waals surface area contributed by atoms with Gasteiger partial charge < -0.3 is 25.6 Å². The zero-order valence-corrected chi connectivity index (χ0v) is 21.5. The van der Waals surface area contributed by atoms with Gasteiger partial charge in [-0.25, -0.2) is 4.39 Å². The van der Waals surface area contributed by atoms with Gasteiger partial charge >= 0.3 is 0 Å². The van der Waals surface area contributed by atoms with Crippen LogP contribution in [-0.4, -0.2) is 51.2 Å². The van der Waals surface area contributed by atoms with Crippen molar-refractivity contribution in [2.75, 3.05) is 38.2 Å². The van der Waals surface area contributed by atoms with E-state index >= 15 is 0 Å². The number of carbonyl (C=O) groups excluding carboxylic acids is 1. The number of hydrogen-bond acceptors (Lipinski definition) is 4. The number of rotatable bonds is 8. The predicted octanol–water partition coefficient (Wildman–Crippen LogP) is 3.29. The molecule has 7 nitrogen and oxygen atoms in total. The van der Waals surface area contributed by atoms with Crippen LogP contribution in [0.3, 0.4) is 0 Å². The van der Waals surface area contributed by atoms with Crippen LogP contribution in [0, 0.1) is 5.82 Å². The summed E-state index contributed by atoms with van der Waals surface area (Å²) >= 11 is 0. The Morgan fingerprint density at radius 2 is 2.03 bits per heavy atom. The Morgan fingerprint density at radius 1 is 1.21 bits per heavy atom. The molecule has 0 radical (unpaired) electrons. The van der Waals surface area contributed by atoms with Gasteiger partial charge in [-0.3, -0.25) is 9.79 Å². The quantitative estimate of drug-likeness (QED) is 0.259. The Kier molecular flexibility index (Phi) is 11.2. The molecule has 0 saturated carbocycles. The van der Waals surface area contributed by atoms with Crippen molar-refractivity contribution in [2.24, 2.45) is 4.99 Å². The maximum atomic E-state index is 13.6. The molecule has 2 aromatic carbocycles. The van der Waals surface area contributed by atoms with Gasteiger partial charge in [0.05, 0.1) is 0 Å². The zero-order valence-electron chi connectivity index (χ0n) is 19.1. The first-order chi connectivity index (χ1) is 15.6. The Labute approximate surface area is 212 Å². The van der Waals surface area contributed by atoms with Crippen molar-refractivity contribution >= 4 is 41.5 Å². The summed E-state index contributed by atoms with van der Waals surface area (Å²) in [6.45, 7) is 4.72. The number of halogens is 2. The fraction of sp³-hybridized carbons (Fsp3) is 0.417. The number of carbonyl (C=O) groups is 1. The van der Waals surface area contributed by atoms with E-state index in [1.165, 1.54) is 6.07 Å². The van der Waals surface area contributed by atoms with Crippen molar-refractivity contribution in [1.82, 2.24) is 16.0 Å². The van der Waals surface area contributed by atoms with E-state index < -0.39 is 0 Å². The standard InChI is InChI=1S/C24H32FN5O2.HI/c1-3-27-23(31)17-32-22-11-4-7-18(13-22)15-28-24(26-2)29-20-9-6-12-30(16-20)21-10-5-8-19(25)14-21;/h4-5,7-8,10-11,13-14,20H,3,6,9,12,15-17H2,1-2H3,(H,27,31)(H2,26,28,29);1H. The van der Waals surface area contributed by atoms with Crippen LogP contribution in [0.2, 0.25) is 0 Å². The van der Waals surface area contributed by atoms with Gasteiger partial charge in [-0.2, -0.15) is 0 Å². The lowest BCUT2D eigenvalue weighted by Crippen LogP contribution is -2.51. The fourth-order valence-electron chi connectivity index (χ4n) is 3.72. The number of hydrogen-bond donors (Lipinski definition) is 3. The highest BCUT2D eigenvalue weighted by Crippen LogP contribution is 2.20. The lowest BCUT2D eigenvalue weighted by molar-refractivity contribution is -0.122. The van der Waals surface area contributed by atoms with E-state index in [0.717, 1.165) is 37.2 Å². The molecule has 180 valence electrons. The molecule has 0 aromatic heterocycles. The average molecular weight is 569 g/mol. The summed E-state index contributed by atoms with van der Waals surface area (Å²) in [7, 11) is 1.74. The van der Waals surface area contributed by atoms with Crippen LogP contribution in [0.5, 0.6) is 5.75 Å². The third-order valence-electron chi connectivity index (χ3n) is 5.26. The lowest BCUT2D eigenvalue weighted by atomic mass is 10.0. The van der Waals surface area contributed by atoms with E-state index in [1.807, 2.05) is 37.3 Å². The minimum Gasteiger partial charge on any atom is -0.484 e. The van der Waals surface area contributed by atoms with Gasteiger partial charge in [-0.1, -0.05) is 18.2 Å². The van der Waals surface area contributed by atoms with Crippen LogP contribution in [0.15, 0.2) is 53.5 Å². The predicted molar refractivity (Wildman–Crippen MR) is 141 cm³/mol. The summed E-state index contributed by atoms with van der Waals surface area (Å²) in [5.41, 5.74) is 1.93. The Morgan fingerprint density at radius 3 is 2.79 bits per heavy atom. The van der Waals surface area contributed by atoms with E-state index in [0.29, 0.717) is 24.8 Å². The normalized spacial score (nSPS) is 15.9. The first-order valence-electron chi connectivity index (χ1n) is 11.0. The van der Waals surface area contributed by atoms with Gasteiger partial charge in [0.15, 0.2) is 12.6 Å². The number of piperidine rings is 1. The summed E-state index contributed by atoms with van der Waals surface area (Å²) in [6, 6.07) is 14.6. The number of anilines is 1. The third-order valence-corrected chi connectivity index (χ3v) is 5.26. The number of amides is 1. The number of guanidine groups is 1. The smallest absolute Gasteiger partial charge is 0.257 e. The highest BCUT2D eigenvalue weighted by atomic mass is 127. The molecule has 1 atom stereocenters. The number of nitrogens with one attached hydrogen (secondary N) is 3. The highest BCUT2D eigenvalue weighted by Gasteiger charge is 2.21. The zero-order chi connectivity index (χ0) is 22.8. The SMILES string of the molecule is CCNC(=O)COc1cccc(CNC(=NC)NC2CCCN(c3cccc(F)c3)C2)c1.I. The summed E-state index contributed by atoms with van der Waals surface area (Å²) in [4.78, 5) is 18.1. The molecule has 1 unspecified atom stereocenters. The molecule has 9 heteroatoms. The second-order valence-electron chi connectivity index (χ2n) is 7.72. The van der Waals surface area contributed by atoms with Crippen molar-refractivity contribution in [3.63, 3.8) is 0 Å². The Balaban J connectivity index is 0.00000385. The molecule has 1 heterocycles. The van der Waals surface area contributed by atoms with Crippen LogP contribution in [-0.2, 0) is 11.3 Å². The molecule has 3 N–H and O–H groups in total. The molecule has 33 heavy (non-hydrogen) atoms. The van der Waals surface area contributed by atoms with Gasteiger partial charge in [-0.05, 0) is 55.7 Å². The van der Waals surface area contributed by atoms with Gasteiger partial charge in [-0.15, -0.1) is 24.0 Å². The summed E-state index contributed by atoms with van der Waals surface area (Å²) in [6.07, 6.45) is 2.05. The molecule has 1 aliphatic rings. The van der Waals surface area contributed by atoms with E-state index in [-0.39, 0.29) is 48.3 Å². The second-order valence-corrected chi connectivity index (χ2v) is 7.72.